The van der Waals surface area contributed by atoms with Gasteiger partial charge in [0.25, 0.3) is 0 Å². The molecule has 3 heteroatoms. The van der Waals surface area contributed by atoms with Crippen LogP contribution in [-0.2, 0) is 19.9 Å². The Labute approximate surface area is 86.5 Å². The average molecular weight is 195 g/mol. The summed E-state index contributed by atoms with van der Waals surface area (Å²) in [6.45, 7) is 3.30. The van der Waals surface area contributed by atoms with Crippen molar-refractivity contribution < 1.29 is 0 Å². The summed E-state index contributed by atoms with van der Waals surface area (Å²) in [5.41, 5.74) is 2.83. The van der Waals surface area contributed by atoms with Crippen LogP contribution in [0, 0.1) is 0 Å². The molecular formula is C11H21N3. The largest absolute Gasteiger partial charge is 0.320 e. The van der Waals surface area contributed by atoms with Crippen molar-refractivity contribution in [1.82, 2.24) is 15.1 Å². The highest BCUT2D eigenvalue weighted by Gasteiger charge is 2.06. The third kappa shape index (κ3) is 2.84. The van der Waals surface area contributed by atoms with Gasteiger partial charge in [0.1, 0.15) is 0 Å². The zero-order valence-electron chi connectivity index (χ0n) is 9.51. The summed E-state index contributed by atoms with van der Waals surface area (Å²) in [4.78, 5) is 0. The second-order valence-corrected chi connectivity index (χ2v) is 3.70. The van der Waals surface area contributed by atoms with Crippen molar-refractivity contribution in [3.63, 3.8) is 0 Å². The van der Waals surface area contributed by atoms with E-state index in [4.69, 9.17) is 0 Å². The van der Waals surface area contributed by atoms with Crippen LogP contribution in [0.2, 0.25) is 0 Å². The van der Waals surface area contributed by atoms with Gasteiger partial charge in [0.05, 0.1) is 6.20 Å². The first kappa shape index (κ1) is 11.2. The second-order valence-electron chi connectivity index (χ2n) is 3.70. The van der Waals surface area contributed by atoms with E-state index in [0.29, 0.717) is 0 Å². The molecule has 0 fully saturated rings. The van der Waals surface area contributed by atoms with Crippen molar-refractivity contribution in [3.05, 3.63) is 17.5 Å². The first-order valence-corrected chi connectivity index (χ1v) is 5.44. The zero-order valence-corrected chi connectivity index (χ0v) is 9.51. The highest BCUT2D eigenvalue weighted by Crippen LogP contribution is 2.11. The Hall–Kier alpha value is -0.830. The van der Waals surface area contributed by atoms with E-state index in [1.807, 2.05) is 25.0 Å². The Morgan fingerprint density at radius 1 is 1.43 bits per heavy atom. The monoisotopic (exact) mass is 195 g/mol. The average Bonchev–Trinajstić information content (AvgIpc) is 2.51. The Kier molecular flexibility index (Phi) is 4.66. The summed E-state index contributed by atoms with van der Waals surface area (Å²) >= 11 is 0. The molecule has 0 saturated heterocycles. The van der Waals surface area contributed by atoms with Crippen molar-refractivity contribution in [1.29, 1.82) is 0 Å². The molecule has 3 nitrogen and oxygen atoms in total. The number of rotatable bonds is 6. The minimum atomic E-state index is 1.08. The van der Waals surface area contributed by atoms with Crippen LogP contribution in [0.1, 0.15) is 31.0 Å². The topological polar surface area (TPSA) is 29.9 Å². The number of hydrogen-bond acceptors (Lipinski definition) is 2. The third-order valence-corrected chi connectivity index (χ3v) is 2.51. The normalized spacial score (nSPS) is 10.8. The van der Waals surface area contributed by atoms with E-state index < -0.39 is 0 Å². The molecule has 0 radical (unpaired) electrons. The number of hydrogen-bond donors (Lipinski definition) is 1. The van der Waals surface area contributed by atoms with Crippen LogP contribution in [0.5, 0.6) is 0 Å². The molecule has 0 aliphatic carbocycles. The van der Waals surface area contributed by atoms with Crippen LogP contribution in [0.4, 0.5) is 0 Å². The SMILES string of the molecule is CCCc1c(CCCNC)cnn1C. The lowest BCUT2D eigenvalue weighted by molar-refractivity contribution is 0.683. The van der Waals surface area contributed by atoms with Gasteiger partial charge in [-0.2, -0.15) is 5.10 Å². The Balaban J connectivity index is 2.56. The van der Waals surface area contributed by atoms with Crippen LogP contribution in [-0.4, -0.2) is 23.4 Å². The molecule has 0 spiro atoms. The van der Waals surface area contributed by atoms with Gasteiger partial charge >= 0.3 is 0 Å². The molecule has 14 heavy (non-hydrogen) atoms. The molecule has 0 aliphatic rings. The van der Waals surface area contributed by atoms with Crippen LogP contribution in [0.15, 0.2) is 6.20 Å². The first-order chi connectivity index (χ1) is 6.79. The van der Waals surface area contributed by atoms with Crippen molar-refractivity contribution in [2.24, 2.45) is 7.05 Å². The van der Waals surface area contributed by atoms with E-state index in [-0.39, 0.29) is 0 Å². The van der Waals surface area contributed by atoms with Gasteiger partial charge in [-0.15, -0.1) is 0 Å². The van der Waals surface area contributed by atoms with E-state index in [1.165, 1.54) is 24.1 Å². The molecule has 0 bridgehead atoms. The van der Waals surface area contributed by atoms with Gasteiger partial charge in [0.2, 0.25) is 0 Å². The van der Waals surface area contributed by atoms with E-state index in [1.54, 1.807) is 0 Å². The highest BCUT2D eigenvalue weighted by molar-refractivity contribution is 5.17. The summed E-state index contributed by atoms with van der Waals surface area (Å²) in [5.74, 6) is 0. The van der Waals surface area contributed by atoms with Gasteiger partial charge in [0, 0.05) is 12.7 Å². The quantitative estimate of drug-likeness (QED) is 0.698. The van der Waals surface area contributed by atoms with E-state index in [9.17, 15) is 0 Å². The first-order valence-electron chi connectivity index (χ1n) is 5.44. The van der Waals surface area contributed by atoms with Gasteiger partial charge in [-0.25, -0.2) is 0 Å². The Morgan fingerprint density at radius 3 is 2.86 bits per heavy atom. The maximum absolute atomic E-state index is 4.31. The number of aromatic nitrogens is 2. The summed E-state index contributed by atoms with van der Waals surface area (Å²) in [6, 6.07) is 0. The summed E-state index contributed by atoms with van der Waals surface area (Å²) in [7, 11) is 4.03. The third-order valence-electron chi connectivity index (χ3n) is 2.51. The molecule has 1 N–H and O–H groups in total. The van der Waals surface area contributed by atoms with E-state index in [0.717, 1.165) is 19.4 Å². The fraction of sp³-hybridized carbons (Fsp3) is 0.727. The van der Waals surface area contributed by atoms with E-state index in [2.05, 4.69) is 17.3 Å². The lowest BCUT2D eigenvalue weighted by atomic mass is 10.1. The Bertz CT molecular complexity index is 265. The molecule has 0 aromatic carbocycles. The molecule has 0 saturated carbocycles. The Morgan fingerprint density at radius 2 is 2.21 bits per heavy atom. The van der Waals surface area contributed by atoms with Crippen molar-refractivity contribution >= 4 is 0 Å². The van der Waals surface area contributed by atoms with Crippen LogP contribution < -0.4 is 5.32 Å². The lowest BCUT2D eigenvalue weighted by Crippen LogP contribution is -2.09. The molecular weight excluding hydrogens is 174 g/mol. The molecule has 0 amide bonds. The molecule has 1 heterocycles. The highest BCUT2D eigenvalue weighted by atomic mass is 15.3. The van der Waals surface area contributed by atoms with E-state index >= 15 is 0 Å². The molecule has 0 aliphatic heterocycles. The summed E-state index contributed by atoms with van der Waals surface area (Å²) in [5, 5.41) is 7.48. The number of nitrogens with one attached hydrogen (secondary N) is 1. The standard InChI is InChI=1S/C11H21N3/c1-4-6-11-10(7-5-8-12-2)9-13-14(11)3/h9,12H,4-8H2,1-3H3. The predicted molar refractivity (Wildman–Crippen MR) is 59.5 cm³/mol. The van der Waals surface area contributed by atoms with Gasteiger partial charge in [-0.3, -0.25) is 4.68 Å². The molecule has 0 unspecified atom stereocenters. The van der Waals surface area contributed by atoms with Crippen LogP contribution in [0.25, 0.3) is 0 Å². The second kappa shape index (κ2) is 5.81. The minimum absolute atomic E-state index is 1.08. The minimum Gasteiger partial charge on any atom is -0.320 e. The van der Waals surface area contributed by atoms with Crippen molar-refractivity contribution in [2.45, 2.75) is 32.6 Å². The molecule has 1 aromatic rings. The molecule has 0 atom stereocenters. The lowest BCUT2D eigenvalue weighted by Gasteiger charge is -2.04. The summed E-state index contributed by atoms with van der Waals surface area (Å²) in [6.07, 6.45) is 6.69. The number of aryl methyl sites for hydroxylation is 2. The smallest absolute Gasteiger partial charge is 0.0524 e. The van der Waals surface area contributed by atoms with Crippen LogP contribution >= 0.6 is 0 Å². The molecule has 1 aromatic heterocycles. The van der Waals surface area contributed by atoms with Gasteiger partial charge in [-0.05, 0) is 38.4 Å². The van der Waals surface area contributed by atoms with Crippen molar-refractivity contribution in [3.8, 4) is 0 Å². The maximum Gasteiger partial charge on any atom is 0.0524 e. The maximum atomic E-state index is 4.31. The van der Waals surface area contributed by atoms with Gasteiger partial charge in [0.15, 0.2) is 0 Å². The van der Waals surface area contributed by atoms with Gasteiger partial charge in [-0.1, -0.05) is 13.3 Å². The molecule has 80 valence electrons. The number of nitrogens with zero attached hydrogens (tertiary/aromatic N) is 2. The van der Waals surface area contributed by atoms with Crippen LogP contribution in [0.3, 0.4) is 0 Å². The fourth-order valence-corrected chi connectivity index (χ4v) is 1.73. The molecule has 1 rings (SSSR count). The van der Waals surface area contributed by atoms with Gasteiger partial charge < -0.3 is 5.32 Å². The predicted octanol–water partition coefficient (Wildman–Crippen LogP) is 1.52. The zero-order chi connectivity index (χ0) is 10.4. The summed E-state index contributed by atoms with van der Waals surface area (Å²) < 4.78 is 2.01. The van der Waals surface area contributed by atoms with Crippen molar-refractivity contribution in [2.75, 3.05) is 13.6 Å². The fourth-order valence-electron chi connectivity index (χ4n) is 1.73.